The number of hydrogen-bond acceptors (Lipinski definition) is 4. The molecule has 0 saturated heterocycles. The van der Waals surface area contributed by atoms with E-state index in [1.807, 2.05) is 45.0 Å². The Morgan fingerprint density at radius 1 is 1.30 bits per heavy atom. The summed E-state index contributed by atoms with van der Waals surface area (Å²) in [6.07, 6.45) is 0. The highest BCUT2D eigenvalue weighted by atomic mass is 16.5. The summed E-state index contributed by atoms with van der Waals surface area (Å²) >= 11 is 0. The number of nitrogens with one attached hydrogen (secondary N) is 2. The van der Waals surface area contributed by atoms with Gasteiger partial charge in [0.15, 0.2) is 0 Å². The van der Waals surface area contributed by atoms with Gasteiger partial charge in [0.1, 0.15) is 5.75 Å². The van der Waals surface area contributed by atoms with E-state index in [2.05, 4.69) is 10.6 Å². The van der Waals surface area contributed by atoms with Crippen LogP contribution in [0.5, 0.6) is 5.75 Å². The van der Waals surface area contributed by atoms with Crippen LogP contribution in [-0.2, 0) is 6.54 Å². The standard InChI is InChI=1S/C14H19N3O3/c1-14(2,3)15-9-12-13(18)20-16-17(12)10-5-7-11(19-4)8-6-10/h5-8,15H,9H2,1-4H3/p+1. The molecule has 108 valence electrons. The van der Waals surface area contributed by atoms with Crippen molar-refractivity contribution in [1.82, 2.24) is 10.6 Å². The molecule has 0 amide bonds. The van der Waals surface area contributed by atoms with E-state index in [0.29, 0.717) is 12.2 Å². The molecule has 0 spiro atoms. The van der Waals surface area contributed by atoms with Crippen molar-refractivity contribution in [2.75, 3.05) is 7.11 Å². The van der Waals surface area contributed by atoms with Crippen molar-refractivity contribution >= 4 is 0 Å². The number of benzene rings is 1. The fraction of sp³-hybridized carbons (Fsp3) is 0.429. The SMILES string of the molecule is COc1ccc(-[n+]2[nH]oc(=O)c2CNC(C)(C)C)cc1. The Bertz CT molecular complexity index is 620. The maximum atomic E-state index is 11.8. The first kappa shape index (κ1) is 14.3. The van der Waals surface area contributed by atoms with Crippen LogP contribution in [0.1, 0.15) is 26.5 Å². The first-order chi connectivity index (χ1) is 9.40. The van der Waals surface area contributed by atoms with Gasteiger partial charge in [-0.25, -0.2) is 4.79 Å². The third kappa shape index (κ3) is 3.27. The summed E-state index contributed by atoms with van der Waals surface area (Å²) in [5.74, 6) is 0.759. The molecule has 0 aliphatic carbocycles. The summed E-state index contributed by atoms with van der Waals surface area (Å²) in [4.78, 5) is 11.8. The van der Waals surface area contributed by atoms with Gasteiger partial charge in [0.25, 0.3) is 0 Å². The molecular weight excluding hydrogens is 258 g/mol. The lowest BCUT2D eigenvalue weighted by Crippen LogP contribution is -2.44. The molecule has 1 aromatic heterocycles. The molecule has 0 unspecified atom stereocenters. The van der Waals surface area contributed by atoms with Crippen molar-refractivity contribution in [2.45, 2.75) is 32.9 Å². The molecule has 0 aliphatic heterocycles. The van der Waals surface area contributed by atoms with Crippen LogP contribution in [0.15, 0.2) is 33.6 Å². The van der Waals surface area contributed by atoms with Gasteiger partial charge < -0.3 is 10.1 Å². The number of nitrogens with zero attached hydrogens (tertiary/aromatic N) is 1. The number of hydrogen-bond donors (Lipinski definition) is 2. The van der Waals surface area contributed by atoms with E-state index in [1.165, 1.54) is 0 Å². The zero-order valence-electron chi connectivity index (χ0n) is 12.2. The zero-order valence-corrected chi connectivity index (χ0v) is 12.2. The van der Waals surface area contributed by atoms with E-state index < -0.39 is 0 Å². The number of aromatic nitrogens is 2. The van der Waals surface area contributed by atoms with E-state index in [9.17, 15) is 4.79 Å². The summed E-state index contributed by atoms with van der Waals surface area (Å²) in [6.45, 7) is 6.54. The van der Waals surface area contributed by atoms with Gasteiger partial charge in [-0.15, -0.1) is 0 Å². The molecule has 0 radical (unpaired) electrons. The average molecular weight is 278 g/mol. The zero-order chi connectivity index (χ0) is 14.8. The lowest BCUT2D eigenvalue weighted by molar-refractivity contribution is -0.677. The van der Waals surface area contributed by atoms with Gasteiger partial charge >= 0.3 is 11.3 Å². The first-order valence-corrected chi connectivity index (χ1v) is 6.42. The molecule has 0 atom stereocenters. The van der Waals surface area contributed by atoms with Gasteiger partial charge in [0.2, 0.25) is 5.69 Å². The van der Waals surface area contributed by atoms with Crippen LogP contribution in [0, 0.1) is 0 Å². The number of H-pyrrole nitrogens is 1. The number of methoxy groups -OCH3 is 1. The Morgan fingerprint density at radius 3 is 2.50 bits per heavy atom. The van der Waals surface area contributed by atoms with E-state index in [0.717, 1.165) is 11.4 Å². The number of ether oxygens (including phenoxy) is 1. The van der Waals surface area contributed by atoms with Gasteiger partial charge in [-0.05, 0) is 42.9 Å². The normalized spacial score (nSPS) is 11.6. The second-order valence-corrected chi connectivity index (χ2v) is 5.56. The Labute approximate surface area is 117 Å². The predicted molar refractivity (Wildman–Crippen MR) is 74.0 cm³/mol. The summed E-state index contributed by atoms with van der Waals surface area (Å²) in [7, 11) is 1.61. The third-order valence-electron chi connectivity index (χ3n) is 2.85. The van der Waals surface area contributed by atoms with E-state index in [-0.39, 0.29) is 11.2 Å². The molecular formula is C14H20N3O3+. The molecule has 1 heterocycles. The Balaban J connectivity index is 2.30. The topological polar surface area (TPSA) is 71.1 Å². The smallest absolute Gasteiger partial charge is 0.431 e. The maximum absolute atomic E-state index is 11.8. The minimum Gasteiger partial charge on any atom is -0.497 e. The van der Waals surface area contributed by atoms with Crippen molar-refractivity contribution in [3.05, 3.63) is 40.4 Å². The van der Waals surface area contributed by atoms with Crippen LogP contribution in [0.3, 0.4) is 0 Å². The molecule has 6 heteroatoms. The Morgan fingerprint density at radius 2 is 1.95 bits per heavy atom. The Kier molecular flexibility index (Phi) is 3.94. The first-order valence-electron chi connectivity index (χ1n) is 6.42. The summed E-state index contributed by atoms with van der Waals surface area (Å²) in [5.41, 5.74) is 0.867. The Hall–Kier alpha value is -2.08. The van der Waals surface area contributed by atoms with Crippen LogP contribution in [0.2, 0.25) is 0 Å². The fourth-order valence-corrected chi connectivity index (χ4v) is 1.73. The summed E-state index contributed by atoms with van der Waals surface area (Å²) in [6, 6.07) is 7.36. The van der Waals surface area contributed by atoms with Crippen molar-refractivity contribution in [1.29, 1.82) is 0 Å². The van der Waals surface area contributed by atoms with Crippen molar-refractivity contribution in [2.24, 2.45) is 0 Å². The molecule has 2 rings (SSSR count). The number of rotatable bonds is 4. The van der Waals surface area contributed by atoms with E-state index >= 15 is 0 Å². The summed E-state index contributed by atoms with van der Waals surface area (Å²) < 4.78 is 11.6. The van der Waals surface area contributed by atoms with Crippen LogP contribution in [-0.4, -0.2) is 17.9 Å². The van der Waals surface area contributed by atoms with Crippen LogP contribution >= 0.6 is 0 Å². The largest absolute Gasteiger partial charge is 0.497 e. The highest BCUT2D eigenvalue weighted by molar-refractivity contribution is 5.31. The highest BCUT2D eigenvalue weighted by Gasteiger charge is 2.24. The molecule has 20 heavy (non-hydrogen) atoms. The molecule has 0 saturated carbocycles. The van der Waals surface area contributed by atoms with Crippen LogP contribution < -0.4 is 20.4 Å². The highest BCUT2D eigenvalue weighted by Crippen LogP contribution is 2.11. The lowest BCUT2D eigenvalue weighted by Gasteiger charge is -2.18. The van der Waals surface area contributed by atoms with E-state index in [1.54, 1.807) is 11.8 Å². The molecule has 0 aliphatic rings. The molecule has 2 aromatic rings. The van der Waals surface area contributed by atoms with Gasteiger partial charge in [0, 0.05) is 17.7 Å². The van der Waals surface area contributed by atoms with Crippen molar-refractivity contribution in [3.63, 3.8) is 0 Å². The monoisotopic (exact) mass is 278 g/mol. The van der Waals surface area contributed by atoms with Crippen molar-refractivity contribution in [3.8, 4) is 11.4 Å². The minimum atomic E-state index is -0.377. The quantitative estimate of drug-likeness (QED) is 0.823. The molecule has 0 bridgehead atoms. The molecule has 2 N–H and O–H groups in total. The second-order valence-electron chi connectivity index (χ2n) is 5.56. The maximum Gasteiger partial charge on any atom is 0.431 e. The molecule has 6 nitrogen and oxygen atoms in total. The lowest BCUT2D eigenvalue weighted by atomic mass is 10.1. The van der Waals surface area contributed by atoms with Gasteiger partial charge in [-0.3, -0.25) is 4.52 Å². The van der Waals surface area contributed by atoms with Crippen LogP contribution in [0.25, 0.3) is 5.69 Å². The van der Waals surface area contributed by atoms with Crippen LogP contribution in [0.4, 0.5) is 0 Å². The van der Waals surface area contributed by atoms with Gasteiger partial charge in [0.05, 0.1) is 13.7 Å². The average Bonchev–Trinajstić information content (AvgIpc) is 2.77. The molecule has 0 fully saturated rings. The fourth-order valence-electron chi connectivity index (χ4n) is 1.73. The number of aromatic amines is 1. The van der Waals surface area contributed by atoms with Gasteiger partial charge in [-0.2, -0.15) is 0 Å². The van der Waals surface area contributed by atoms with Gasteiger partial charge in [-0.1, -0.05) is 0 Å². The van der Waals surface area contributed by atoms with Crippen molar-refractivity contribution < 1.29 is 13.9 Å². The minimum absolute atomic E-state index is 0.0819. The van der Waals surface area contributed by atoms with E-state index in [4.69, 9.17) is 9.26 Å². The summed E-state index contributed by atoms with van der Waals surface area (Å²) in [5, 5.41) is 5.88. The predicted octanol–water partition coefficient (Wildman–Crippen LogP) is 1.14. The molecule has 1 aromatic carbocycles. The second kappa shape index (κ2) is 5.50. The third-order valence-corrected chi connectivity index (χ3v) is 2.85.